The maximum absolute atomic E-state index is 12.4. The first kappa shape index (κ1) is 15.8. The number of hydrogen-bond acceptors (Lipinski definition) is 5. The standard InChI is InChI=1S/C16H20ClN5O2/c17-11-7-13-16(19-8-11)22-5-4-21(9-14(22)20-13)15(23)2-6-24-10-12-1-3-18-12/h7-8,12,18H,1-6,9-10H2. The van der Waals surface area contributed by atoms with Gasteiger partial charge in [-0.15, -0.1) is 0 Å². The number of ether oxygens (including phenoxy) is 1. The maximum atomic E-state index is 12.4. The predicted octanol–water partition coefficient (Wildman–Crippen LogP) is 1.20. The summed E-state index contributed by atoms with van der Waals surface area (Å²) in [7, 11) is 0. The van der Waals surface area contributed by atoms with Gasteiger partial charge in [-0.05, 0) is 19.0 Å². The minimum absolute atomic E-state index is 0.112. The van der Waals surface area contributed by atoms with Crippen molar-refractivity contribution in [2.45, 2.75) is 32.0 Å². The monoisotopic (exact) mass is 349 g/mol. The predicted molar refractivity (Wildman–Crippen MR) is 89.8 cm³/mol. The quantitative estimate of drug-likeness (QED) is 0.821. The number of nitrogens with zero attached hydrogens (tertiary/aromatic N) is 4. The molecule has 0 aromatic carbocycles. The molecule has 0 bridgehead atoms. The zero-order valence-corrected chi connectivity index (χ0v) is 14.1. The van der Waals surface area contributed by atoms with Gasteiger partial charge in [0, 0.05) is 25.3 Å². The fourth-order valence-corrected chi connectivity index (χ4v) is 3.26. The molecule has 128 valence electrons. The normalized spacial score (nSPS) is 20.0. The van der Waals surface area contributed by atoms with Crippen LogP contribution in [0, 0.1) is 0 Å². The molecule has 4 heterocycles. The van der Waals surface area contributed by atoms with Crippen molar-refractivity contribution < 1.29 is 9.53 Å². The number of carbonyl (C=O) groups is 1. The summed E-state index contributed by atoms with van der Waals surface area (Å²) in [5, 5.41) is 3.85. The van der Waals surface area contributed by atoms with Gasteiger partial charge in [0.15, 0.2) is 5.65 Å². The van der Waals surface area contributed by atoms with Gasteiger partial charge >= 0.3 is 0 Å². The van der Waals surface area contributed by atoms with Crippen LogP contribution >= 0.6 is 11.6 Å². The van der Waals surface area contributed by atoms with Crippen molar-refractivity contribution in [3.63, 3.8) is 0 Å². The van der Waals surface area contributed by atoms with Gasteiger partial charge in [-0.25, -0.2) is 9.97 Å². The number of hydrogen-bond donors (Lipinski definition) is 1. The van der Waals surface area contributed by atoms with E-state index >= 15 is 0 Å². The largest absolute Gasteiger partial charge is 0.379 e. The van der Waals surface area contributed by atoms with Crippen molar-refractivity contribution in [1.29, 1.82) is 0 Å². The van der Waals surface area contributed by atoms with Crippen molar-refractivity contribution in [1.82, 2.24) is 24.8 Å². The number of carbonyl (C=O) groups excluding carboxylic acids is 1. The Morgan fingerprint density at radius 1 is 1.46 bits per heavy atom. The Morgan fingerprint density at radius 3 is 3.12 bits per heavy atom. The van der Waals surface area contributed by atoms with Gasteiger partial charge in [0.2, 0.25) is 5.91 Å². The lowest BCUT2D eigenvalue weighted by Gasteiger charge is -2.29. The first-order valence-corrected chi connectivity index (χ1v) is 8.68. The summed E-state index contributed by atoms with van der Waals surface area (Å²) in [6, 6.07) is 2.28. The van der Waals surface area contributed by atoms with Crippen LogP contribution in [0.4, 0.5) is 0 Å². The van der Waals surface area contributed by atoms with Crippen LogP contribution in [0.3, 0.4) is 0 Å². The second kappa shape index (κ2) is 6.66. The molecular formula is C16H20ClN5O2. The Balaban J connectivity index is 1.35. The molecule has 0 radical (unpaired) electrons. The Bertz CT molecular complexity index is 758. The summed E-state index contributed by atoms with van der Waals surface area (Å²) in [6.45, 7) is 4.13. The van der Waals surface area contributed by atoms with Gasteiger partial charge < -0.3 is 19.5 Å². The summed E-state index contributed by atoms with van der Waals surface area (Å²) >= 11 is 5.97. The number of pyridine rings is 1. The second-order valence-electron chi connectivity index (χ2n) is 6.26. The molecule has 7 nitrogen and oxygen atoms in total. The van der Waals surface area contributed by atoms with E-state index in [9.17, 15) is 4.79 Å². The summed E-state index contributed by atoms with van der Waals surface area (Å²) in [4.78, 5) is 23.1. The molecule has 2 aromatic rings. The van der Waals surface area contributed by atoms with Gasteiger partial charge in [-0.2, -0.15) is 0 Å². The lowest BCUT2D eigenvalue weighted by molar-refractivity contribution is -0.134. The molecule has 2 aliphatic rings. The molecule has 1 saturated heterocycles. The van der Waals surface area contributed by atoms with E-state index in [0.29, 0.717) is 50.3 Å². The third-order valence-electron chi connectivity index (χ3n) is 4.61. The van der Waals surface area contributed by atoms with E-state index in [1.54, 1.807) is 6.20 Å². The highest BCUT2D eigenvalue weighted by atomic mass is 35.5. The average Bonchev–Trinajstić information content (AvgIpc) is 2.89. The topological polar surface area (TPSA) is 72.3 Å². The van der Waals surface area contributed by atoms with E-state index in [1.165, 1.54) is 0 Å². The number of nitrogens with one attached hydrogen (secondary N) is 1. The van der Waals surface area contributed by atoms with Crippen LogP contribution in [0.2, 0.25) is 5.02 Å². The summed E-state index contributed by atoms with van der Waals surface area (Å²) < 4.78 is 7.64. The van der Waals surface area contributed by atoms with E-state index in [1.807, 2.05) is 11.0 Å². The smallest absolute Gasteiger partial charge is 0.225 e. The van der Waals surface area contributed by atoms with Crippen LogP contribution in [-0.4, -0.2) is 57.7 Å². The van der Waals surface area contributed by atoms with E-state index in [2.05, 4.69) is 19.9 Å². The lowest BCUT2D eigenvalue weighted by atomic mass is 10.1. The van der Waals surface area contributed by atoms with Crippen LogP contribution < -0.4 is 5.32 Å². The number of halogens is 1. The van der Waals surface area contributed by atoms with E-state index in [-0.39, 0.29) is 5.91 Å². The molecule has 0 aliphatic carbocycles. The van der Waals surface area contributed by atoms with Crippen LogP contribution in [0.25, 0.3) is 11.2 Å². The fraction of sp³-hybridized carbons (Fsp3) is 0.562. The van der Waals surface area contributed by atoms with Crippen molar-refractivity contribution in [3.8, 4) is 0 Å². The molecule has 2 aliphatic heterocycles. The molecule has 4 rings (SSSR count). The highest BCUT2D eigenvalue weighted by Crippen LogP contribution is 2.22. The second-order valence-corrected chi connectivity index (χ2v) is 6.69. The Hall–Kier alpha value is -1.70. The van der Waals surface area contributed by atoms with Crippen LogP contribution in [-0.2, 0) is 22.6 Å². The molecule has 0 spiro atoms. The summed E-state index contributed by atoms with van der Waals surface area (Å²) in [5.74, 6) is 0.972. The number of fused-ring (bicyclic) bond motifs is 3. The minimum atomic E-state index is 0.112. The van der Waals surface area contributed by atoms with Gasteiger partial charge in [0.25, 0.3) is 0 Å². The van der Waals surface area contributed by atoms with Crippen LogP contribution in [0.5, 0.6) is 0 Å². The highest BCUT2D eigenvalue weighted by Gasteiger charge is 2.24. The summed E-state index contributed by atoms with van der Waals surface area (Å²) in [6.07, 6.45) is 3.20. The average molecular weight is 350 g/mol. The summed E-state index contributed by atoms with van der Waals surface area (Å²) in [5.41, 5.74) is 1.61. The molecule has 1 amide bonds. The van der Waals surface area contributed by atoms with Crippen molar-refractivity contribution in [2.75, 3.05) is 26.3 Å². The van der Waals surface area contributed by atoms with Crippen molar-refractivity contribution in [2.24, 2.45) is 0 Å². The molecule has 1 fully saturated rings. The zero-order valence-electron chi connectivity index (χ0n) is 13.4. The van der Waals surface area contributed by atoms with Crippen LogP contribution in [0.15, 0.2) is 12.3 Å². The van der Waals surface area contributed by atoms with E-state index < -0.39 is 0 Å². The molecule has 24 heavy (non-hydrogen) atoms. The molecule has 2 aromatic heterocycles. The Labute approximate surface area is 144 Å². The van der Waals surface area contributed by atoms with Gasteiger partial charge in [0.1, 0.15) is 11.3 Å². The van der Waals surface area contributed by atoms with E-state index in [0.717, 1.165) is 30.0 Å². The van der Waals surface area contributed by atoms with Crippen molar-refractivity contribution >= 4 is 28.7 Å². The SMILES string of the molecule is O=C(CCOCC1CCN1)N1CCn2c(nc3cc(Cl)cnc32)C1. The molecule has 8 heteroatoms. The number of rotatable bonds is 5. The fourth-order valence-electron chi connectivity index (χ4n) is 3.11. The Morgan fingerprint density at radius 2 is 2.33 bits per heavy atom. The third kappa shape index (κ3) is 3.11. The molecule has 1 unspecified atom stereocenters. The van der Waals surface area contributed by atoms with Gasteiger partial charge in [-0.1, -0.05) is 11.6 Å². The molecular weight excluding hydrogens is 330 g/mol. The molecule has 1 N–H and O–H groups in total. The first-order valence-electron chi connectivity index (χ1n) is 8.30. The minimum Gasteiger partial charge on any atom is -0.379 e. The number of amides is 1. The Kier molecular flexibility index (Phi) is 4.39. The number of imidazole rings is 1. The highest BCUT2D eigenvalue weighted by molar-refractivity contribution is 6.31. The zero-order chi connectivity index (χ0) is 16.5. The lowest BCUT2D eigenvalue weighted by Crippen LogP contribution is -2.46. The first-order chi connectivity index (χ1) is 11.7. The van der Waals surface area contributed by atoms with Crippen LogP contribution in [0.1, 0.15) is 18.7 Å². The van der Waals surface area contributed by atoms with Gasteiger partial charge in [-0.3, -0.25) is 4.79 Å². The van der Waals surface area contributed by atoms with Crippen molar-refractivity contribution in [3.05, 3.63) is 23.1 Å². The maximum Gasteiger partial charge on any atom is 0.225 e. The third-order valence-corrected chi connectivity index (χ3v) is 4.82. The van der Waals surface area contributed by atoms with E-state index in [4.69, 9.17) is 16.3 Å². The number of aromatic nitrogens is 3. The van der Waals surface area contributed by atoms with Gasteiger partial charge in [0.05, 0.1) is 31.2 Å². The molecule has 0 saturated carbocycles. The molecule has 1 atom stereocenters.